The predicted molar refractivity (Wildman–Crippen MR) is 115 cm³/mol. The molecule has 0 saturated heterocycles. The maximum Gasteiger partial charge on any atom is 0.340 e. The van der Waals surface area contributed by atoms with Crippen molar-refractivity contribution in [2.75, 3.05) is 12.4 Å². The van der Waals surface area contributed by atoms with Gasteiger partial charge in [0.05, 0.1) is 39.5 Å². The van der Waals surface area contributed by atoms with Crippen LogP contribution in [-0.4, -0.2) is 35.0 Å². The molecular formula is C21H18ClN3O6. The average Bonchev–Trinajstić information content (AvgIpc) is 2.73. The molecule has 1 aromatic heterocycles. The van der Waals surface area contributed by atoms with Crippen LogP contribution >= 0.6 is 11.6 Å². The van der Waals surface area contributed by atoms with E-state index in [4.69, 9.17) is 21.1 Å². The molecule has 0 spiro atoms. The van der Waals surface area contributed by atoms with Gasteiger partial charge in [-0.1, -0.05) is 11.6 Å². The van der Waals surface area contributed by atoms with Gasteiger partial charge < -0.3 is 14.8 Å². The van der Waals surface area contributed by atoms with Crippen LogP contribution in [0.2, 0.25) is 5.02 Å². The van der Waals surface area contributed by atoms with Crippen molar-refractivity contribution in [2.24, 2.45) is 0 Å². The van der Waals surface area contributed by atoms with Gasteiger partial charge in [-0.3, -0.25) is 19.9 Å². The van der Waals surface area contributed by atoms with Gasteiger partial charge in [0.1, 0.15) is 5.75 Å². The van der Waals surface area contributed by atoms with E-state index in [-0.39, 0.29) is 22.0 Å². The Labute approximate surface area is 182 Å². The molecule has 1 N–H and O–H groups in total. The number of benzene rings is 2. The summed E-state index contributed by atoms with van der Waals surface area (Å²) in [5.74, 6) is -0.703. The molecular weight excluding hydrogens is 426 g/mol. The highest BCUT2D eigenvalue weighted by Gasteiger charge is 2.22. The molecule has 160 valence electrons. The Morgan fingerprint density at radius 2 is 1.94 bits per heavy atom. The van der Waals surface area contributed by atoms with Crippen LogP contribution in [0.15, 0.2) is 42.5 Å². The third kappa shape index (κ3) is 4.89. The van der Waals surface area contributed by atoms with Crippen LogP contribution in [0.4, 0.5) is 11.4 Å². The highest BCUT2D eigenvalue weighted by molar-refractivity contribution is 6.34. The van der Waals surface area contributed by atoms with E-state index < -0.39 is 22.9 Å². The van der Waals surface area contributed by atoms with Crippen molar-refractivity contribution >= 4 is 45.8 Å². The molecule has 1 heterocycles. The molecule has 0 bridgehead atoms. The largest absolute Gasteiger partial charge is 0.497 e. The number of esters is 1. The summed E-state index contributed by atoms with van der Waals surface area (Å²) in [6.45, 7) is 3.07. The average molecular weight is 444 g/mol. The minimum absolute atomic E-state index is 0.00826. The van der Waals surface area contributed by atoms with E-state index in [1.54, 1.807) is 38.3 Å². The number of fused-ring (bicyclic) bond motifs is 1. The lowest BCUT2D eigenvalue weighted by Gasteiger charge is -2.15. The zero-order chi connectivity index (χ0) is 22.7. The standard InChI is InChI=1S/C21H18ClN3O6/c1-11-16(8-13-4-6-15(30-3)10-19(13)23-11)21(27)31-12(2)20(26)24-18-7-5-14(25(28)29)9-17(18)22/h4-10,12H,1-3H3,(H,24,26). The molecule has 2 aromatic carbocycles. The van der Waals surface area contributed by atoms with Gasteiger partial charge in [-0.25, -0.2) is 4.79 Å². The molecule has 9 nitrogen and oxygen atoms in total. The molecule has 0 aliphatic rings. The van der Waals surface area contributed by atoms with Crippen LogP contribution < -0.4 is 10.1 Å². The molecule has 1 atom stereocenters. The second-order valence-electron chi connectivity index (χ2n) is 6.64. The van der Waals surface area contributed by atoms with Crippen LogP contribution in [0.5, 0.6) is 5.75 Å². The molecule has 0 aliphatic carbocycles. The third-order valence-corrected chi connectivity index (χ3v) is 4.82. The number of carbonyl (C=O) groups is 2. The third-order valence-electron chi connectivity index (χ3n) is 4.51. The van der Waals surface area contributed by atoms with Gasteiger partial charge in [-0.15, -0.1) is 0 Å². The Bertz CT molecular complexity index is 1200. The van der Waals surface area contributed by atoms with Crippen molar-refractivity contribution in [3.63, 3.8) is 0 Å². The number of halogens is 1. The van der Waals surface area contributed by atoms with Crippen LogP contribution in [-0.2, 0) is 9.53 Å². The van der Waals surface area contributed by atoms with E-state index in [9.17, 15) is 19.7 Å². The predicted octanol–water partition coefficient (Wildman–Crippen LogP) is 4.30. The van der Waals surface area contributed by atoms with Crippen LogP contribution in [0.1, 0.15) is 23.0 Å². The zero-order valence-electron chi connectivity index (χ0n) is 16.8. The van der Waals surface area contributed by atoms with Crippen molar-refractivity contribution in [3.8, 4) is 5.75 Å². The molecule has 0 saturated carbocycles. The Morgan fingerprint density at radius 3 is 2.58 bits per heavy atom. The highest BCUT2D eigenvalue weighted by atomic mass is 35.5. The number of nitrogens with one attached hydrogen (secondary N) is 1. The number of anilines is 1. The van der Waals surface area contributed by atoms with E-state index >= 15 is 0 Å². The first-order chi connectivity index (χ1) is 14.7. The fourth-order valence-corrected chi connectivity index (χ4v) is 3.03. The summed E-state index contributed by atoms with van der Waals surface area (Å²) in [5.41, 5.74) is 1.28. The normalized spacial score (nSPS) is 11.6. The SMILES string of the molecule is COc1ccc2cc(C(=O)OC(C)C(=O)Nc3ccc([N+](=O)[O-])cc3Cl)c(C)nc2c1. The maximum atomic E-state index is 12.6. The number of amides is 1. The van der Waals surface area contributed by atoms with Gasteiger partial charge in [0, 0.05) is 23.6 Å². The summed E-state index contributed by atoms with van der Waals surface area (Å²) < 4.78 is 10.5. The van der Waals surface area contributed by atoms with Gasteiger partial charge in [0.2, 0.25) is 0 Å². The number of rotatable bonds is 6. The van der Waals surface area contributed by atoms with Gasteiger partial charge in [-0.2, -0.15) is 0 Å². The molecule has 0 radical (unpaired) electrons. The molecule has 1 amide bonds. The van der Waals surface area contributed by atoms with E-state index in [2.05, 4.69) is 10.3 Å². The lowest BCUT2D eigenvalue weighted by Crippen LogP contribution is -2.30. The van der Waals surface area contributed by atoms with E-state index in [1.165, 1.54) is 19.1 Å². The second-order valence-corrected chi connectivity index (χ2v) is 7.05. The topological polar surface area (TPSA) is 121 Å². The van der Waals surface area contributed by atoms with Crippen molar-refractivity contribution < 1.29 is 24.0 Å². The van der Waals surface area contributed by atoms with Crippen LogP contribution in [0.3, 0.4) is 0 Å². The van der Waals surface area contributed by atoms with Gasteiger partial charge in [0.25, 0.3) is 11.6 Å². The number of methoxy groups -OCH3 is 1. The Kier molecular flexibility index (Phi) is 6.36. The van der Waals surface area contributed by atoms with E-state index in [0.29, 0.717) is 22.3 Å². The summed E-state index contributed by atoms with van der Waals surface area (Å²) in [6, 6.07) is 10.5. The van der Waals surface area contributed by atoms with E-state index in [0.717, 1.165) is 6.07 Å². The number of pyridine rings is 1. The highest BCUT2D eigenvalue weighted by Crippen LogP contribution is 2.27. The molecule has 0 aliphatic heterocycles. The van der Waals surface area contributed by atoms with Gasteiger partial charge in [-0.05, 0) is 38.1 Å². The monoisotopic (exact) mass is 443 g/mol. The summed E-state index contributed by atoms with van der Waals surface area (Å²) in [7, 11) is 1.55. The molecule has 0 fully saturated rings. The Balaban J connectivity index is 1.73. The molecule has 1 unspecified atom stereocenters. The second kappa shape index (κ2) is 8.97. The molecule has 3 aromatic rings. The minimum atomic E-state index is -1.15. The van der Waals surface area contributed by atoms with Crippen LogP contribution in [0, 0.1) is 17.0 Å². The number of nitrogens with zero attached hydrogens (tertiary/aromatic N) is 2. The number of aryl methyl sites for hydroxylation is 1. The smallest absolute Gasteiger partial charge is 0.340 e. The van der Waals surface area contributed by atoms with Crippen molar-refractivity contribution in [2.45, 2.75) is 20.0 Å². The fraction of sp³-hybridized carbons (Fsp3) is 0.190. The zero-order valence-corrected chi connectivity index (χ0v) is 17.6. The number of ether oxygens (including phenoxy) is 2. The van der Waals surface area contributed by atoms with Gasteiger partial charge in [0.15, 0.2) is 6.10 Å². The lowest BCUT2D eigenvalue weighted by molar-refractivity contribution is -0.384. The summed E-state index contributed by atoms with van der Waals surface area (Å²) in [5, 5.41) is 14.0. The van der Waals surface area contributed by atoms with Crippen LogP contribution in [0.25, 0.3) is 10.9 Å². The quantitative estimate of drug-likeness (QED) is 0.342. The summed E-state index contributed by atoms with van der Waals surface area (Å²) in [4.78, 5) is 39.6. The van der Waals surface area contributed by atoms with Crippen molar-refractivity contribution in [3.05, 3.63) is 68.9 Å². The van der Waals surface area contributed by atoms with Crippen molar-refractivity contribution in [1.82, 2.24) is 4.98 Å². The lowest BCUT2D eigenvalue weighted by atomic mass is 10.1. The summed E-state index contributed by atoms with van der Waals surface area (Å²) in [6.07, 6.45) is -1.15. The minimum Gasteiger partial charge on any atom is -0.497 e. The number of hydrogen-bond donors (Lipinski definition) is 1. The number of hydrogen-bond acceptors (Lipinski definition) is 7. The summed E-state index contributed by atoms with van der Waals surface area (Å²) >= 11 is 5.98. The fourth-order valence-electron chi connectivity index (χ4n) is 2.81. The number of aromatic nitrogens is 1. The van der Waals surface area contributed by atoms with E-state index in [1.807, 2.05) is 0 Å². The number of carbonyl (C=O) groups excluding carboxylic acids is 2. The first-order valence-electron chi connectivity index (χ1n) is 9.10. The molecule has 31 heavy (non-hydrogen) atoms. The molecule has 3 rings (SSSR count). The number of nitro benzene ring substituents is 1. The molecule has 10 heteroatoms. The maximum absolute atomic E-state index is 12.6. The van der Waals surface area contributed by atoms with Gasteiger partial charge >= 0.3 is 5.97 Å². The van der Waals surface area contributed by atoms with Crippen molar-refractivity contribution in [1.29, 1.82) is 0 Å². The first-order valence-corrected chi connectivity index (χ1v) is 9.48. The first kappa shape index (κ1) is 22.0. The number of nitro groups is 1. The Hall–Kier alpha value is -3.72. The number of non-ortho nitro benzene ring substituents is 1. The Morgan fingerprint density at radius 1 is 1.19 bits per heavy atom.